The average Bonchev–Trinajstić information content (AvgIpc) is 2.75. The van der Waals surface area contributed by atoms with Crippen LogP contribution in [-0.4, -0.2) is 22.3 Å². The molecule has 0 radical (unpaired) electrons. The van der Waals surface area contributed by atoms with E-state index in [4.69, 9.17) is 5.11 Å². The van der Waals surface area contributed by atoms with Crippen molar-refractivity contribution in [3.8, 4) is 0 Å². The molecule has 1 unspecified atom stereocenters. The van der Waals surface area contributed by atoms with Gasteiger partial charge in [0.1, 0.15) is 0 Å². The summed E-state index contributed by atoms with van der Waals surface area (Å²) in [5.41, 5.74) is 0. The highest BCUT2D eigenvalue weighted by Gasteiger charge is 2.03. The summed E-state index contributed by atoms with van der Waals surface area (Å²) in [7, 11) is 0. The van der Waals surface area contributed by atoms with Gasteiger partial charge in [-0.2, -0.15) is 0 Å². The Labute approximate surface area is 190 Å². The monoisotopic (exact) mass is 428 g/mol. The number of hydrogen-bond acceptors (Lipinski definition) is 2. The maximum absolute atomic E-state index is 10.4. The Morgan fingerprint density at radius 1 is 0.645 bits per heavy atom. The Morgan fingerprint density at radius 2 is 1.10 bits per heavy atom. The van der Waals surface area contributed by atoms with E-state index in [1.165, 1.54) is 0 Å². The highest BCUT2D eigenvalue weighted by molar-refractivity contribution is 5.66. The van der Waals surface area contributed by atoms with Gasteiger partial charge in [0.05, 0.1) is 6.10 Å². The molecule has 3 heteroatoms. The third-order valence-electron chi connectivity index (χ3n) is 4.69. The number of aliphatic carboxylic acids is 1. The van der Waals surface area contributed by atoms with Gasteiger partial charge in [0.15, 0.2) is 0 Å². The van der Waals surface area contributed by atoms with Crippen LogP contribution >= 0.6 is 0 Å². The molecule has 0 spiro atoms. The van der Waals surface area contributed by atoms with Gasteiger partial charge in [0, 0.05) is 6.42 Å². The average molecular weight is 429 g/mol. The van der Waals surface area contributed by atoms with Crippen molar-refractivity contribution < 1.29 is 15.0 Å². The fraction of sp³-hybridized carbons (Fsp3) is 0.536. The molecule has 0 aliphatic heterocycles. The van der Waals surface area contributed by atoms with Gasteiger partial charge in [-0.15, -0.1) is 0 Å². The highest BCUT2D eigenvalue weighted by Crippen LogP contribution is 2.10. The van der Waals surface area contributed by atoms with E-state index >= 15 is 0 Å². The molecule has 0 aromatic heterocycles. The summed E-state index contributed by atoms with van der Waals surface area (Å²) in [5, 5.41) is 18.5. The summed E-state index contributed by atoms with van der Waals surface area (Å²) >= 11 is 0. The molecule has 0 saturated heterocycles. The molecule has 0 amide bonds. The lowest BCUT2D eigenvalue weighted by Crippen LogP contribution is -2.05. The first-order valence-corrected chi connectivity index (χ1v) is 12.0. The largest absolute Gasteiger partial charge is 0.481 e. The number of rotatable bonds is 20. The van der Waals surface area contributed by atoms with Crippen molar-refractivity contribution in [3.05, 3.63) is 72.9 Å². The van der Waals surface area contributed by atoms with Gasteiger partial charge in [0.25, 0.3) is 0 Å². The molecule has 0 bridgehead atoms. The van der Waals surface area contributed by atoms with Gasteiger partial charge in [-0.1, -0.05) is 92.7 Å². The van der Waals surface area contributed by atoms with Crippen molar-refractivity contribution in [2.24, 2.45) is 0 Å². The first kappa shape index (κ1) is 28.9. The van der Waals surface area contributed by atoms with Crippen molar-refractivity contribution in [2.75, 3.05) is 0 Å². The van der Waals surface area contributed by atoms with Crippen LogP contribution < -0.4 is 0 Å². The second-order valence-electron chi connectivity index (χ2n) is 7.64. The molecule has 0 rings (SSSR count). The number of carbonyl (C=O) groups is 1. The van der Waals surface area contributed by atoms with Gasteiger partial charge in [-0.3, -0.25) is 4.79 Å². The molecule has 0 aliphatic carbocycles. The summed E-state index contributed by atoms with van der Waals surface area (Å²) in [4.78, 5) is 10.4. The van der Waals surface area contributed by atoms with Crippen molar-refractivity contribution in [2.45, 2.75) is 96.5 Å². The minimum Gasteiger partial charge on any atom is -0.481 e. The van der Waals surface area contributed by atoms with Gasteiger partial charge >= 0.3 is 5.97 Å². The fourth-order valence-corrected chi connectivity index (χ4v) is 2.91. The number of carboxylic acids is 1. The molecule has 0 saturated carbocycles. The normalized spacial score (nSPS) is 13.9. The lowest BCUT2D eigenvalue weighted by molar-refractivity contribution is -0.137. The topological polar surface area (TPSA) is 57.5 Å². The van der Waals surface area contributed by atoms with Crippen LogP contribution in [0.3, 0.4) is 0 Å². The SMILES string of the molecule is CC/C=C\C/C=C\C/C=C\C/C=C\C/C=C\C/C=C\CCC(O)CCCCCC(=O)O. The molecular weight excluding hydrogens is 384 g/mol. The van der Waals surface area contributed by atoms with Crippen LogP contribution in [0.2, 0.25) is 0 Å². The van der Waals surface area contributed by atoms with Crippen molar-refractivity contribution in [1.82, 2.24) is 0 Å². The molecule has 31 heavy (non-hydrogen) atoms. The third kappa shape index (κ3) is 25.8. The maximum atomic E-state index is 10.4. The quantitative estimate of drug-likeness (QED) is 0.153. The van der Waals surface area contributed by atoms with E-state index in [1.54, 1.807) is 0 Å². The van der Waals surface area contributed by atoms with Crippen molar-refractivity contribution in [3.63, 3.8) is 0 Å². The predicted octanol–water partition coefficient (Wildman–Crippen LogP) is 7.86. The van der Waals surface area contributed by atoms with Crippen LogP contribution in [0.1, 0.15) is 90.4 Å². The molecule has 0 heterocycles. The van der Waals surface area contributed by atoms with Crippen LogP contribution in [0, 0.1) is 0 Å². The van der Waals surface area contributed by atoms with E-state index in [-0.39, 0.29) is 12.5 Å². The number of hydrogen-bond donors (Lipinski definition) is 2. The lowest BCUT2D eigenvalue weighted by Gasteiger charge is -2.08. The van der Waals surface area contributed by atoms with Gasteiger partial charge in [0.2, 0.25) is 0 Å². The van der Waals surface area contributed by atoms with Crippen LogP contribution in [0.25, 0.3) is 0 Å². The molecule has 0 aliphatic rings. The van der Waals surface area contributed by atoms with Crippen LogP contribution in [0.5, 0.6) is 0 Å². The van der Waals surface area contributed by atoms with Crippen molar-refractivity contribution in [1.29, 1.82) is 0 Å². The zero-order valence-electron chi connectivity index (χ0n) is 19.5. The summed E-state index contributed by atoms with van der Waals surface area (Å²) in [6, 6.07) is 0. The number of carboxylic acid groups (broad SMARTS) is 1. The van der Waals surface area contributed by atoms with E-state index in [0.29, 0.717) is 6.42 Å². The second-order valence-corrected chi connectivity index (χ2v) is 7.64. The number of aliphatic hydroxyl groups is 1. The lowest BCUT2D eigenvalue weighted by atomic mass is 10.1. The Balaban J connectivity index is 3.54. The fourth-order valence-electron chi connectivity index (χ4n) is 2.91. The van der Waals surface area contributed by atoms with E-state index < -0.39 is 5.97 Å². The Bertz CT molecular complexity index is 579. The molecule has 1 atom stereocenters. The molecule has 0 fully saturated rings. The van der Waals surface area contributed by atoms with Crippen LogP contribution in [-0.2, 0) is 4.79 Å². The van der Waals surface area contributed by atoms with E-state index in [0.717, 1.165) is 70.6 Å². The molecule has 0 aromatic carbocycles. The first-order chi connectivity index (χ1) is 15.2. The minimum absolute atomic E-state index is 0.231. The zero-order chi connectivity index (χ0) is 22.8. The number of allylic oxidation sites excluding steroid dienone is 12. The van der Waals surface area contributed by atoms with E-state index in [1.807, 2.05) is 0 Å². The Kier molecular flexibility index (Phi) is 22.5. The second kappa shape index (κ2) is 24.1. The predicted molar refractivity (Wildman–Crippen MR) is 134 cm³/mol. The Morgan fingerprint density at radius 3 is 1.55 bits per heavy atom. The van der Waals surface area contributed by atoms with Crippen molar-refractivity contribution >= 4 is 5.97 Å². The molecule has 3 nitrogen and oxygen atoms in total. The number of unbranched alkanes of at least 4 members (excludes halogenated alkanes) is 2. The molecule has 174 valence electrons. The summed E-state index contributed by atoms with van der Waals surface area (Å²) in [6.45, 7) is 2.15. The maximum Gasteiger partial charge on any atom is 0.303 e. The summed E-state index contributed by atoms with van der Waals surface area (Å²) in [6.07, 6.45) is 37.2. The molecule has 0 aromatic rings. The first-order valence-electron chi connectivity index (χ1n) is 12.0. The van der Waals surface area contributed by atoms with Crippen LogP contribution in [0.15, 0.2) is 72.9 Å². The minimum atomic E-state index is -0.738. The third-order valence-corrected chi connectivity index (χ3v) is 4.69. The van der Waals surface area contributed by atoms with E-state index in [9.17, 15) is 9.90 Å². The highest BCUT2D eigenvalue weighted by atomic mass is 16.4. The zero-order valence-corrected chi connectivity index (χ0v) is 19.5. The molecule has 2 N–H and O–H groups in total. The Hall–Kier alpha value is -2.13. The van der Waals surface area contributed by atoms with Gasteiger partial charge in [-0.05, 0) is 64.2 Å². The smallest absolute Gasteiger partial charge is 0.303 e. The van der Waals surface area contributed by atoms with Gasteiger partial charge in [-0.25, -0.2) is 0 Å². The summed E-state index contributed by atoms with van der Waals surface area (Å²) in [5.74, 6) is -0.738. The van der Waals surface area contributed by atoms with Crippen LogP contribution in [0.4, 0.5) is 0 Å². The standard InChI is InChI=1S/C28H44O3/c1-2-3-4-5-6-7-8-9-10-11-12-13-14-15-16-17-18-19-21-24-27(29)25-22-20-23-26-28(30)31/h3-4,6-7,9-10,12-13,15-16,18-19,27,29H,2,5,8,11,14,17,20-26H2,1H3,(H,30,31)/b4-3-,7-6-,10-9-,13-12-,16-15-,19-18-. The summed E-state index contributed by atoms with van der Waals surface area (Å²) < 4.78 is 0. The number of aliphatic hydroxyl groups excluding tert-OH is 1. The van der Waals surface area contributed by atoms with Gasteiger partial charge < -0.3 is 10.2 Å². The van der Waals surface area contributed by atoms with E-state index in [2.05, 4.69) is 79.8 Å². The molecular formula is C28H44O3.